The van der Waals surface area contributed by atoms with E-state index in [9.17, 15) is 19.8 Å². The van der Waals surface area contributed by atoms with Crippen molar-refractivity contribution >= 4 is 11.9 Å². The Morgan fingerprint density at radius 3 is 1.00 bits per heavy atom. The predicted octanol–water partition coefficient (Wildman–Crippen LogP) is 22.5. The molecule has 0 saturated carbocycles. The minimum atomic E-state index is -0.851. The van der Waals surface area contributed by atoms with E-state index in [4.69, 9.17) is 4.74 Å². The van der Waals surface area contributed by atoms with Gasteiger partial charge in [-0.3, -0.25) is 9.59 Å². The Morgan fingerprint density at radius 1 is 0.359 bits per heavy atom. The lowest BCUT2D eigenvalue weighted by Crippen LogP contribution is -2.45. The average molecular weight is 1090 g/mol. The Bertz CT molecular complexity index is 1310. The molecule has 0 rings (SSSR count). The summed E-state index contributed by atoms with van der Waals surface area (Å²) in [7, 11) is 0. The van der Waals surface area contributed by atoms with Crippen LogP contribution in [0, 0.1) is 0 Å². The maximum absolute atomic E-state index is 12.5. The minimum Gasteiger partial charge on any atom is -0.466 e. The largest absolute Gasteiger partial charge is 0.466 e. The van der Waals surface area contributed by atoms with Crippen molar-refractivity contribution in [1.29, 1.82) is 0 Å². The maximum atomic E-state index is 12.5. The lowest BCUT2D eigenvalue weighted by molar-refractivity contribution is -0.143. The lowest BCUT2D eigenvalue weighted by atomic mass is 10.0. The van der Waals surface area contributed by atoms with Crippen LogP contribution in [0.25, 0.3) is 0 Å². The molecule has 0 aromatic carbocycles. The molecule has 3 N–H and O–H groups in total. The number of carbonyl (C=O) groups is 2. The first-order valence-electron chi connectivity index (χ1n) is 34.9. The van der Waals surface area contributed by atoms with E-state index < -0.39 is 12.1 Å². The molecule has 1 amide bonds. The third-order valence-electron chi connectivity index (χ3n) is 16.1. The van der Waals surface area contributed by atoms with Gasteiger partial charge >= 0.3 is 5.97 Å². The minimum absolute atomic E-state index is 0.00384. The van der Waals surface area contributed by atoms with Crippen molar-refractivity contribution in [2.24, 2.45) is 0 Å². The summed E-state index contributed by atoms with van der Waals surface area (Å²) in [5.74, 6) is -0.0759. The zero-order valence-electron chi connectivity index (χ0n) is 52.4. The van der Waals surface area contributed by atoms with E-state index in [0.29, 0.717) is 19.4 Å². The molecule has 0 fully saturated rings. The van der Waals surface area contributed by atoms with Crippen LogP contribution in [0.15, 0.2) is 48.6 Å². The highest BCUT2D eigenvalue weighted by Crippen LogP contribution is 2.18. The summed E-state index contributed by atoms with van der Waals surface area (Å²) in [6.45, 7) is 4.90. The summed E-state index contributed by atoms with van der Waals surface area (Å²) in [5.41, 5.74) is 0. The lowest BCUT2D eigenvalue weighted by Gasteiger charge is -2.20. The molecule has 0 saturated heterocycles. The highest BCUT2D eigenvalue weighted by molar-refractivity contribution is 5.76. The summed E-state index contributed by atoms with van der Waals surface area (Å²) in [6, 6.07) is -0.635. The van der Waals surface area contributed by atoms with Crippen LogP contribution >= 0.6 is 0 Å². The van der Waals surface area contributed by atoms with Gasteiger partial charge in [0.2, 0.25) is 5.91 Å². The van der Waals surface area contributed by atoms with Crippen LogP contribution in [-0.2, 0) is 14.3 Å². The molecule has 0 aliphatic heterocycles. The van der Waals surface area contributed by atoms with Gasteiger partial charge in [-0.05, 0) is 89.9 Å². The van der Waals surface area contributed by atoms with Crippen LogP contribution in [0.4, 0.5) is 0 Å². The van der Waals surface area contributed by atoms with E-state index in [1.54, 1.807) is 6.08 Å². The second-order valence-electron chi connectivity index (χ2n) is 23.9. The Hall–Kier alpha value is -2.18. The van der Waals surface area contributed by atoms with Gasteiger partial charge in [-0.15, -0.1) is 0 Å². The van der Waals surface area contributed by atoms with Gasteiger partial charge in [0.1, 0.15) is 0 Å². The molecule has 0 aromatic heterocycles. The zero-order valence-corrected chi connectivity index (χ0v) is 52.4. The van der Waals surface area contributed by atoms with E-state index >= 15 is 0 Å². The van der Waals surface area contributed by atoms with Crippen LogP contribution in [0.3, 0.4) is 0 Å². The second kappa shape index (κ2) is 67.3. The smallest absolute Gasteiger partial charge is 0.305 e. The van der Waals surface area contributed by atoms with Gasteiger partial charge in [0.15, 0.2) is 0 Å². The fourth-order valence-electron chi connectivity index (χ4n) is 10.7. The molecule has 0 spiro atoms. The van der Waals surface area contributed by atoms with Gasteiger partial charge in [0.05, 0.1) is 25.4 Å². The van der Waals surface area contributed by atoms with Crippen molar-refractivity contribution in [3.63, 3.8) is 0 Å². The van der Waals surface area contributed by atoms with Gasteiger partial charge in [-0.25, -0.2) is 0 Å². The number of amides is 1. The molecule has 0 heterocycles. The van der Waals surface area contributed by atoms with E-state index in [0.717, 1.165) is 57.8 Å². The number of carbonyl (C=O) groups excluding carboxylic acids is 2. The highest BCUT2D eigenvalue weighted by atomic mass is 16.5. The topological polar surface area (TPSA) is 95.9 Å². The third kappa shape index (κ3) is 63.0. The van der Waals surface area contributed by atoms with Crippen molar-refractivity contribution in [3.8, 4) is 0 Å². The normalized spacial score (nSPS) is 12.8. The third-order valence-corrected chi connectivity index (χ3v) is 16.1. The number of hydrogen-bond donors (Lipinski definition) is 3. The van der Waals surface area contributed by atoms with Crippen molar-refractivity contribution in [3.05, 3.63) is 48.6 Å². The first kappa shape index (κ1) is 75.8. The van der Waals surface area contributed by atoms with Crippen LogP contribution in [-0.4, -0.2) is 47.4 Å². The molecule has 2 unspecified atom stereocenters. The zero-order chi connectivity index (χ0) is 56.4. The predicted molar refractivity (Wildman–Crippen MR) is 342 cm³/mol. The first-order chi connectivity index (χ1) is 38.5. The fourth-order valence-corrected chi connectivity index (χ4v) is 10.7. The van der Waals surface area contributed by atoms with Gasteiger partial charge in [-0.1, -0.05) is 319 Å². The van der Waals surface area contributed by atoms with Crippen molar-refractivity contribution in [2.75, 3.05) is 13.2 Å². The number of nitrogens with one attached hydrogen (secondary N) is 1. The number of ether oxygens (including phenoxy) is 1. The number of aliphatic hydroxyl groups is 2. The number of esters is 1. The molecule has 0 aliphatic rings. The number of unbranched alkanes of at least 4 members (excludes halogenated alkanes) is 48. The molecule has 0 aromatic rings. The van der Waals surface area contributed by atoms with Gasteiger partial charge < -0.3 is 20.3 Å². The molecular weight excluding hydrogens is 959 g/mol. The summed E-state index contributed by atoms with van der Waals surface area (Å²) in [6.07, 6.45) is 87.5. The van der Waals surface area contributed by atoms with Crippen molar-refractivity contribution in [1.82, 2.24) is 5.32 Å². The van der Waals surface area contributed by atoms with Gasteiger partial charge in [0.25, 0.3) is 0 Å². The summed E-state index contributed by atoms with van der Waals surface area (Å²) >= 11 is 0. The standard InChI is InChI=1S/C72H135NO5/c1-3-5-7-9-11-13-15-17-19-21-22-23-24-27-30-33-36-40-44-48-52-56-60-64-70(75)69(68-74)73-71(76)65-61-57-53-49-45-41-37-34-31-28-25-26-29-32-35-39-43-47-51-55-59-63-67-78-72(77)66-62-58-54-50-46-42-38-20-18-16-14-12-10-8-6-4-2/h14,16,20,28,31,38,60,64,69-70,74-75H,3-13,15,17-19,21-27,29-30,32-37,39-59,61-63,65-68H2,1-2H3,(H,73,76)/b16-14-,31-28-,38-20-,64-60+. The average Bonchev–Trinajstić information content (AvgIpc) is 3.44. The van der Waals surface area contributed by atoms with Crippen LogP contribution < -0.4 is 5.32 Å². The molecule has 78 heavy (non-hydrogen) atoms. The van der Waals surface area contributed by atoms with E-state index in [1.165, 1.54) is 289 Å². The molecule has 458 valence electrons. The number of hydrogen-bond acceptors (Lipinski definition) is 5. The van der Waals surface area contributed by atoms with Crippen molar-refractivity contribution < 1.29 is 24.5 Å². The van der Waals surface area contributed by atoms with Crippen molar-refractivity contribution in [2.45, 2.75) is 386 Å². The van der Waals surface area contributed by atoms with E-state index in [1.807, 2.05) is 6.08 Å². The molecule has 2 atom stereocenters. The maximum Gasteiger partial charge on any atom is 0.305 e. The molecule has 0 aliphatic carbocycles. The molecular formula is C72H135NO5. The quantitative estimate of drug-likeness (QED) is 0.0320. The SMILES string of the molecule is CCCCCC/C=C\C/C=C\CCCCCCCC(=O)OCCCCCCCCCCCCC/C=C\CCCCCCCCCC(=O)NC(CO)C(O)/C=C/CCCCCCCCCCCCCCCCCCCCCCC. The van der Waals surface area contributed by atoms with Crippen LogP contribution in [0.2, 0.25) is 0 Å². The second-order valence-corrected chi connectivity index (χ2v) is 23.9. The molecule has 0 bridgehead atoms. The van der Waals surface area contributed by atoms with Crippen LogP contribution in [0.5, 0.6) is 0 Å². The Labute approximate surface area is 486 Å². The first-order valence-corrected chi connectivity index (χ1v) is 34.9. The number of allylic oxidation sites excluding steroid dienone is 7. The molecule has 6 nitrogen and oxygen atoms in total. The van der Waals surface area contributed by atoms with Gasteiger partial charge in [0, 0.05) is 12.8 Å². The van der Waals surface area contributed by atoms with E-state index in [2.05, 4.69) is 55.6 Å². The highest BCUT2D eigenvalue weighted by Gasteiger charge is 2.18. The fraction of sp³-hybridized carbons (Fsp3) is 0.861. The summed E-state index contributed by atoms with van der Waals surface area (Å²) < 4.78 is 5.48. The van der Waals surface area contributed by atoms with Crippen LogP contribution in [0.1, 0.15) is 373 Å². The molecule has 0 radical (unpaired) electrons. The number of rotatable bonds is 65. The summed E-state index contributed by atoms with van der Waals surface area (Å²) in [4.78, 5) is 24.6. The Kier molecular flexibility index (Phi) is 65.4. The Balaban J connectivity index is 3.45. The Morgan fingerprint density at radius 2 is 0.641 bits per heavy atom. The monoisotopic (exact) mass is 1090 g/mol. The molecule has 6 heteroatoms. The number of aliphatic hydroxyl groups excluding tert-OH is 2. The van der Waals surface area contributed by atoms with E-state index in [-0.39, 0.29) is 18.5 Å². The van der Waals surface area contributed by atoms with Gasteiger partial charge in [-0.2, -0.15) is 0 Å². The summed E-state index contributed by atoms with van der Waals surface area (Å²) in [5, 5.41) is 23.3.